The molecule has 0 unspecified atom stereocenters. The number of amides is 1. The molecule has 0 fully saturated rings. The van der Waals surface area contributed by atoms with Gasteiger partial charge in [-0.2, -0.15) is 0 Å². The molecule has 0 atom stereocenters. The number of thiophene rings is 1. The van der Waals surface area contributed by atoms with Gasteiger partial charge >= 0.3 is 0 Å². The minimum absolute atomic E-state index is 0.0191. The van der Waals surface area contributed by atoms with E-state index >= 15 is 0 Å². The number of carbonyl (C=O) groups excluding carboxylic acids is 1. The molecule has 3 aromatic heterocycles. The molecule has 1 amide bonds. The predicted octanol–water partition coefficient (Wildman–Crippen LogP) is 4.28. The molecule has 0 aliphatic heterocycles. The van der Waals surface area contributed by atoms with Crippen LogP contribution in [0.1, 0.15) is 10.6 Å². The zero-order chi connectivity index (χ0) is 20.4. The third-order valence-electron chi connectivity index (χ3n) is 4.11. The molecule has 0 aliphatic carbocycles. The number of aryl methyl sites for hydroxylation is 1. The highest BCUT2D eigenvalue weighted by Crippen LogP contribution is 2.25. The van der Waals surface area contributed by atoms with Crippen LogP contribution in [0, 0.1) is 12.7 Å². The van der Waals surface area contributed by atoms with Crippen molar-refractivity contribution in [3.63, 3.8) is 0 Å². The van der Waals surface area contributed by atoms with Gasteiger partial charge in [0, 0.05) is 4.88 Å². The second-order valence-corrected chi connectivity index (χ2v) is 8.43. The van der Waals surface area contributed by atoms with E-state index in [4.69, 9.17) is 4.42 Å². The lowest BCUT2D eigenvalue weighted by molar-refractivity contribution is -0.113. The lowest BCUT2D eigenvalue weighted by Gasteiger charge is -2.11. The fraction of sp³-hybridized carbons (Fsp3) is 0.150. The molecule has 9 heteroatoms. The SMILES string of the molecule is Cc1cc2c(=O)n(Cc3ccco3)c(SCC(=O)Nc3ccccc3F)nc2s1. The van der Waals surface area contributed by atoms with Gasteiger partial charge < -0.3 is 9.73 Å². The van der Waals surface area contributed by atoms with E-state index < -0.39 is 5.82 Å². The number of anilines is 1. The Hall–Kier alpha value is -2.91. The summed E-state index contributed by atoms with van der Waals surface area (Å²) in [6, 6.07) is 11.3. The Morgan fingerprint density at radius 3 is 2.90 bits per heavy atom. The van der Waals surface area contributed by atoms with Crippen molar-refractivity contribution in [1.82, 2.24) is 9.55 Å². The number of nitrogens with zero attached hydrogens (tertiary/aromatic N) is 2. The average molecular weight is 429 g/mol. The largest absolute Gasteiger partial charge is 0.467 e. The van der Waals surface area contributed by atoms with E-state index in [9.17, 15) is 14.0 Å². The Morgan fingerprint density at radius 2 is 2.14 bits per heavy atom. The number of aromatic nitrogens is 2. The van der Waals surface area contributed by atoms with E-state index in [1.807, 2.05) is 13.0 Å². The van der Waals surface area contributed by atoms with E-state index in [2.05, 4.69) is 10.3 Å². The van der Waals surface area contributed by atoms with Gasteiger partial charge in [-0.05, 0) is 37.3 Å². The summed E-state index contributed by atoms with van der Waals surface area (Å²) >= 11 is 2.55. The highest BCUT2D eigenvalue weighted by molar-refractivity contribution is 7.99. The maximum absolute atomic E-state index is 13.7. The molecule has 0 aliphatic rings. The van der Waals surface area contributed by atoms with E-state index in [1.54, 1.807) is 24.3 Å². The Kier molecular flexibility index (Phi) is 5.50. The number of hydrogen-bond donors (Lipinski definition) is 1. The first-order valence-corrected chi connectivity index (χ1v) is 10.5. The minimum Gasteiger partial charge on any atom is -0.467 e. The van der Waals surface area contributed by atoms with Crippen molar-refractivity contribution in [2.24, 2.45) is 0 Å². The lowest BCUT2D eigenvalue weighted by Crippen LogP contribution is -2.24. The van der Waals surface area contributed by atoms with Gasteiger partial charge in [0.1, 0.15) is 16.4 Å². The molecule has 4 aromatic rings. The second-order valence-electron chi connectivity index (χ2n) is 6.26. The van der Waals surface area contributed by atoms with Gasteiger partial charge in [0.25, 0.3) is 5.56 Å². The van der Waals surface area contributed by atoms with Gasteiger partial charge in [-0.1, -0.05) is 23.9 Å². The van der Waals surface area contributed by atoms with E-state index in [1.165, 1.54) is 34.3 Å². The first-order chi connectivity index (χ1) is 14.0. The van der Waals surface area contributed by atoms with Crippen LogP contribution in [-0.4, -0.2) is 21.2 Å². The summed E-state index contributed by atoms with van der Waals surface area (Å²) in [4.78, 5) is 31.5. The Morgan fingerprint density at radius 1 is 1.31 bits per heavy atom. The molecule has 0 spiro atoms. The summed E-state index contributed by atoms with van der Waals surface area (Å²) in [5, 5.41) is 3.48. The van der Waals surface area contributed by atoms with Gasteiger partial charge in [-0.3, -0.25) is 14.2 Å². The zero-order valence-electron chi connectivity index (χ0n) is 15.3. The highest BCUT2D eigenvalue weighted by atomic mass is 32.2. The number of nitrogens with one attached hydrogen (secondary N) is 1. The van der Waals surface area contributed by atoms with Crippen molar-refractivity contribution in [2.45, 2.75) is 18.6 Å². The first kappa shape index (κ1) is 19.4. The molecule has 148 valence electrons. The average Bonchev–Trinajstić information content (AvgIpc) is 3.33. The number of hydrogen-bond acceptors (Lipinski definition) is 6. The smallest absolute Gasteiger partial charge is 0.263 e. The van der Waals surface area contributed by atoms with Crippen LogP contribution < -0.4 is 10.9 Å². The lowest BCUT2D eigenvalue weighted by atomic mass is 10.3. The van der Waals surface area contributed by atoms with Crippen LogP contribution in [0.15, 0.2) is 63.1 Å². The van der Waals surface area contributed by atoms with Crippen molar-refractivity contribution in [1.29, 1.82) is 0 Å². The first-order valence-electron chi connectivity index (χ1n) is 8.72. The molecule has 6 nitrogen and oxygen atoms in total. The van der Waals surface area contributed by atoms with Crippen LogP contribution in [-0.2, 0) is 11.3 Å². The fourth-order valence-electron chi connectivity index (χ4n) is 2.80. The summed E-state index contributed by atoms with van der Waals surface area (Å²) in [7, 11) is 0. The zero-order valence-corrected chi connectivity index (χ0v) is 17.0. The number of carbonyl (C=O) groups is 1. The van der Waals surface area contributed by atoms with Crippen molar-refractivity contribution < 1.29 is 13.6 Å². The van der Waals surface area contributed by atoms with Crippen LogP contribution in [0.3, 0.4) is 0 Å². The third kappa shape index (κ3) is 4.25. The van der Waals surface area contributed by atoms with Crippen molar-refractivity contribution in [3.8, 4) is 0 Å². The molecule has 0 saturated carbocycles. The molecular formula is C20H16FN3O3S2. The number of benzene rings is 1. The van der Waals surface area contributed by atoms with Crippen molar-refractivity contribution in [2.75, 3.05) is 11.1 Å². The number of rotatable bonds is 6. The quantitative estimate of drug-likeness (QED) is 0.366. The molecule has 1 aromatic carbocycles. The fourth-order valence-corrected chi connectivity index (χ4v) is 4.52. The molecule has 0 bridgehead atoms. The summed E-state index contributed by atoms with van der Waals surface area (Å²) in [5.74, 6) is -0.303. The van der Waals surface area contributed by atoms with Gasteiger partial charge in [-0.25, -0.2) is 9.37 Å². The minimum atomic E-state index is -0.505. The van der Waals surface area contributed by atoms with Gasteiger partial charge in [0.2, 0.25) is 5.91 Å². The summed E-state index contributed by atoms with van der Waals surface area (Å²) in [5.41, 5.74) is -0.0730. The molecule has 0 saturated heterocycles. The third-order valence-corrected chi connectivity index (χ3v) is 6.03. The molecule has 4 rings (SSSR count). The maximum atomic E-state index is 13.7. The molecule has 3 heterocycles. The Bertz CT molecular complexity index is 1230. The highest BCUT2D eigenvalue weighted by Gasteiger charge is 2.16. The summed E-state index contributed by atoms with van der Waals surface area (Å²) in [6.07, 6.45) is 1.54. The number of thioether (sulfide) groups is 1. The monoisotopic (exact) mass is 429 g/mol. The number of halogens is 1. The Labute approximate surface area is 173 Å². The van der Waals surface area contributed by atoms with E-state index in [0.717, 1.165) is 16.6 Å². The summed E-state index contributed by atoms with van der Waals surface area (Å²) in [6.45, 7) is 2.12. The number of furan rings is 1. The topological polar surface area (TPSA) is 77.1 Å². The Balaban J connectivity index is 1.60. The number of fused-ring (bicyclic) bond motifs is 1. The molecular weight excluding hydrogens is 413 g/mol. The van der Waals surface area contributed by atoms with Crippen LogP contribution in [0.25, 0.3) is 10.2 Å². The van der Waals surface area contributed by atoms with E-state index in [-0.39, 0.29) is 29.5 Å². The number of para-hydroxylation sites is 1. The predicted molar refractivity (Wildman–Crippen MR) is 112 cm³/mol. The molecule has 29 heavy (non-hydrogen) atoms. The van der Waals surface area contributed by atoms with Gasteiger partial charge in [0.05, 0.1) is 29.6 Å². The van der Waals surface area contributed by atoms with Crippen LogP contribution in [0.4, 0.5) is 10.1 Å². The summed E-state index contributed by atoms with van der Waals surface area (Å²) < 4.78 is 20.6. The van der Waals surface area contributed by atoms with Gasteiger partial charge in [0.15, 0.2) is 5.16 Å². The van der Waals surface area contributed by atoms with Crippen LogP contribution in [0.2, 0.25) is 0 Å². The van der Waals surface area contributed by atoms with E-state index in [0.29, 0.717) is 21.1 Å². The maximum Gasteiger partial charge on any atom is 0.263 e. The second kappa shape index (κ2) is 8.22. The van der Waals surface area contributed by atoms with Crippen molar-refractivity contribution >= 4 is 44.9 Å². The van der Waals surface area contributed by atoms with Crippen LogP contribution in [0.5, 0.6) is 0 Å². The van der Waals surface area contributed by atoms with Crippen molar-refractivity contribution in [3.05, 3.63) is 75.5 Å². The normalized spacial score (nSPS) is 11.1. The molecule has 1 N–H and O–H groups in total. The molecule has 0 radical (unpaired) electrons. The van der Waals surface area contributed by atoms with Gasteiger partial charge in [-0.15, -0.1) is 11.3 Å². The van der Waals surface area contributed by atoms with Crippen LogP contribution >= 0.6 is 23.1 Å². The standard InChI is InChI=1S/C20H16FN3O3S2/c1-12-9-14-18(29-12)23-20(24(19(14)26)10-13-5-4-8-27-13)28-11-17(25)22-16-7-3-2-6-15(16)21/h2-9H,10-11H2,1H3,(H,22,25).